The summed E-state index contributed by atoms with van der Waals surface area (Å²) in [4.78, 5) is 11.3. The summed E-state index contributed by atoms with van der Waals surface area (Å²) < 4.78 is 5.36. The number of fused-ring (bicyclic) bond motifs is 1. The van der Waals surface area contributed by atoms with Gasteiger partial charge < -0.3 is 14.9 Å². The van der Waals surface area contributed by atoms with Crippen molar-refractivity contribution in [3.8, 4) is 17.2 Å². The number of rotatable bonds is 7. The predicted molar refractivity (Wildman–Crippen MR) is 89.4 cm³/mol. The second-order valence-electron chi connectivity index (χ2n) is 5.29. The van der Waals surface area contributed by atoms with Gasteiger partial charge in [-0.2, -0.15) is 0 Å². The van der Waals surface area contributed by atoms with Crippen LogP contribution in [0.5, 0.6) is 11.5 Å². The van der Waals surface area contributed by atoms with Crippen molar-refractivity contribution in [1.82, 2.24) is 15.0 Å². The van der Waals surface area contributed by atoms with E-state index in [1.54, 1.807) is 31.4 Å². The van der Waals surface area contributed by atoms with Crippen molar-refractivity contribution >= 4 is 11.0 Å². The van der Waals surface area contributed by atoms with Gasteiger partial charge in [0.2, 0.25) is 0 Å². The van der Waals surface area contributed by atoms with Gasteiger partial charge in [0, 0.05) is 11.6 Å². The number of aromatic hydroxyl groups is 1. The van der Waals surface area contributed by atoms with E-state index in [-0.39, 0.29) is 19.0 Å². The fourth-order valence-electron chi connectivity index (χ4n) is 2.41. The first-order chi connectivity index (χ1) is 12.2. The van der Waals surface area contributed by atoms with Crippen LogP contribution in [0.2, 0.25) is 0 Å². The molecule has 0 atom stereocenters. The summed E-state index contributed by atoms with van der Waals surface area (Å²) in [6.07, 6.45) is 0. The highest BCUT2D eigenvalue weighted by Gasteiger charge is 2.13. The molecule has 0 radical (unpaired) electrons. The van der Waals surface area contributed by atoms with E-state index in [0.29, 0.717) is 34.6 Å². The summed E-state index contributed by atoms with van der Waals surface area (Å²) in [6, 6.07) is 8.30. The number of hydrogen-bond donors (Lipinski definition) is 2. The van der Waals surface area contributed by atoms with Gasteiger partial charge in [0.25, 0.3) is 0 Å². The molecule has 0 aliphatic rings. The van der Waals surface area contributed by atoms with Gasteiger partial charge in [0.1, 0.15) is 34.8 Å². The molecule has 0 spiro atoms. The van der Waals surface area contributed by atoms with E-state index in [2.05, 4.69) is 10.2 Å². The SMILES string of the molecule is CCOOCc1cc2nn(-c3cc(CO)ccc3O)nc2cc1OC. The number of phenols is 1. The van der Waals surface area contributed by atoms with E-state index >= 15 is 0 Å². The van der Waals surface area contributed by atoms with E-state index in [9.17, 15) is 10.2 Å². The third-order valence-corrected chi connectivity index (χ3v) is 3.64. The number of aromatic nitrogens is 3. The second-order valence-corrected chi connectivity index (χ2v) is 5.29. The summed E-state index contributed by atoms with van der Waals surface area (Å²) in [5.41, 5.74) is 3.02. The van der Waals surface area contributed by atoms with Crippen LogP contribution in [0.25, 0.3) is 16.7 Å². The van der Waals surface area contributed by atoms with Crippen molar-refractivity contribution in [3.05, 3.63) is 41.5 Å². The number of aliphatic hydroxyl groups excluding tert-OH is 1. The van der Waals surface area contributed by atoms with Crippen LogP contribution in [0.3, 0.4) is 0 Å². The zero-order chi connectivity index (χ0) is 17.8. The predicted octanol–water partition coefficient (Wildman–Crippen LogP) is 2.10. The first-order valence-electron chi connectivity index (χ1n) is 7.77. The molecule has 0 aliphatic carbocycles. The Kier molecular flexibility index (Phi) is 5.13. The van der Waals surface area contributed by atoms with Crippen LogP contribution in [-0.4, -0.2) is 38.9 Å². The summed E-state index contributed by atoms with van der Waals surface area (Å²) in [7, 11) is 1.56. The molecule has 3 aromatic rings. The molecule has 3 rings (SSSR count). The van der Waals surface area contributed by atoms with Gasteiger partial charge in [0.05, 0.1) is 20.3 Å². The molecule has 1 heterocycles. The van der Waals surface area contributed by atoms with E-state index in [1.807, 2.05) is 6.92 Å². The lowest BCUT2D eigenvalue weighted by molar-refractivity contribution is -0.300. The van der Waals surface area contributed by atoms with E-state index in [1.165, 1.54) is 10.9 Å². The van der Waals surface area contributed by atoms with Crippen molar-refractivity contribution in [2.24, 2.45) is 0 Å². The van der Waals surface area contributed by atoms with Gasteiger partial charge in [-0.25, -0.2) is 9.78 Å². The van der Waals surface area contributed by atoms with Crippen molar-refractivity contribution in [2.45, 2.75) is 20.1 Å². The van der Waals surface area contributed by atoms with Crippen LogP contribution < -0.4 is 4.74 Å². The minimum Gasteiger partial charge on any atom is -0.506 e. The molecular weight excluding hydrogens is 326 g/mol. The third kappa shape index (κ3) is 3.55. The highest BCUT2D eigenvalue weighted by atomic mass is 17.2. The number of aliphatic hydroxyl groups is 1. The molecule has 0 amide bonds. The standard InChI is InChI=1S/C17H19N3O5/c1-3-24-25-10-12-7-13-14(8-17(12)23-2)19-20(18-13)15-6-11(9-21)4-5-16(15)22/h4-8,21-22H,3,9-10H2,1-2H3. The number of nitrogens with zero attached hydrogens (tertiary/aromatic N) is 3. The number of phenolic OH excluding ortho intramolecular Hbond substituents is 1. The Balaban J connectivity index is 2.02. The molecular formula is C17H19N3O5. The maximum atomic E-state index is 10.1. The first kappa shape index (κ1) is 17.2. The largest absolute Gasteiger partial charge is 0.506 e. The first-order valence-corrected chi connectivity index (χ1v) is 7.77. The molecule has 1 aromatic heterocycles. The smallest absolute Gasteiger partial charge is 0.143 e. The highest BCUT2D eigenvalue weighted by molar-refractivity contribution is 5.77. The van der Waals surface area contributed by atoms with Gasteiger partial charge in [0.15, 0.2) is 0 Å². The van der Waals surface area contributed by atoms with Gasteiger partial charge >= 0.3 is 0 Å². The van der Waals surface area contributed by atoms with Crippen LogP contribution >= 0.6 is 0 Å². The number of benzene rings is 2. The summed E-state index contributed by atoms with van der Waals surface area (Å²) in [5.74, 6) is 0.622. The average Bonchev–Trinajstić information content (AvgIpc) is 3.04. The van der Waals surface area contributed by atoms with Gasteiger partial charge in [-0.15, -0.1) is 15.0 Å². The molecule has 2 N–H and O–H groups in total. The van der Waals surface area contributed by atoms with Gasteiger partial charge in [-0.3, -0.25) is 0 Å². The third-order valence-electron chi connectivity index (χ3n) is 3.64. The minimum atomic E-state index is -0.138. The average molecular weight is 345 g/mol. The Morgan fingerprint density at radius 2 is 1.84 bits per heavy atom. The number of ether oxygens (including phenoxy) is 1. The normalized spacial score (nSPS) is 11.2. The summed E-state index contributed by atoms with van der Waals surface area (Å²) in [5, 5.41) is 28.1. The topological polar surface area (TPSA) is 98.9 Å². The van der Waals surface area contributed by atoms with Crippen LogP contribution in [0.4, 0.5) is 0 Å². The lowest BCUT2D eigenvalue weighted by Gasteiger charge is -2.07. The Labute approximate surface area is 144 Å². The van der Waals surface area contributed by atoms with Gasteiger partial charge in [-0.1, -0.05) is 6.07 Å². The second kappa shape index (κ2) is 7.47. The van der Waals surface area contributed by atoms with E-state index in [0.717, 1.165) is 5.56 Å². The molecule has 2 aromatic carbocycles. The number of methoxy groups -OCH3 is 1. The summed E-state index contributed by atoms with van der Waals surface area (Å²) >= 11 is 0. The molecule has 0 saturated carbocycles. The van der Waals surface area contributed by atoms with E-state index < -0.39 is 0 Å². The maximum Gasteiger partial charge on any atom is 0.143 e. The quantitative estimate of drug-likeness (QED) is 0.384. The Morgan fingerprint density at radius 1 is 1.08 bits per heavy atom. The van der Waals surface area contributed by atoms with Crippen molar-refractivity contribution in [2.75, 3.05) is 13.7 Å². The Morgan fingerprint density at radius 3 is 2.52 bits per heavy atom. The van der Waals surface area contributed by atoms with E-state index in [4.69, 9.17) is 14.5 Å². The molecule has 8 heteroatoms. The van der Waals surface area contributed by atoms with Crippen molar-refractivity contribution < 1.29 is 24.7 Å². The maximum absolute atomic E-state index is 10.1. The fourth-order valence-corrected chi connectivity index (χ4v) is 2.41. The Bertz CT molecular complexity index is 878. The molecule has 0 unspecified atom stereocenters. The highest BCUT2D eigenvalue weighted by Crippen LogP contribution is 2.27. The summed E-state index contributed by atoms with van der Waals surface area (Å²) in [6.45, 7) is 2.35. The zero-order valence-corrected chi connectivity index (χ0v) is 14.0. The molecule has 8 nitrogen and oxygen atoms in total. The minimum absolute atomic E-state index is 0.0179. The molecule has 0 aliphatic heterocycles. The van der Waals surface area contributed by atoms with Crippen molar-refractivity contribution in [1.29, 1.82) is 0 Å². The van der Waals surface area contributed by atoms with Crippen LogP contribution in [0, 0.1) is 0 Å². The van der Waals surface area contributed by atoms with Crippen LogP contribution in [0.15, 0.2) is 30.3 Å². The zero-order valence-electron chi connectivity index (χ0n) is 14.0. The monoisotopic (exact) mass is 345 g/mol. The molecule has 0 bridgehead atoms. The Hall–Kier alpha value is -2.68. The van der Waals surface area contributed by atoms with Crippen LogP contribution in [0.1, 0.15) is 18.1 Å². The molecule has 0 saturated heterocycles. The van der Waals surface area contributed by atoms with Crippen LogP contribution in [-0.2, 0) is 23.0 Å². The number of hydrogen-bond acceptors (Lipinski definition) is 7. The van der Waals surface area contributed by atoms with Crippen molar-refractivity contribution in [3.63, 3.8) is 0 Å². The fraction of sp³-hybridized carbons (Fsp3) is 0.294. The molecule has 132 valence electrons. The molecule has 0 fully saturated rings. The van der Waals surface area contributed by atoms with Gasteiger partial charge in [-0.05, 0) is 30.7 Å². The lowest BCUT2D eigenvalue weighted by atomic mass is 10.2. The lowest BCUT2D eigenvalue weighted by Crippen LogP contribution is -2.00. The molecule has 25 heavy (non-hydrogen) atoms.